The molecule has 0 bridgehead atoms. The molecule has 5 heteroatoms. The van der Waals surface area contributed by atoms with Gasteiger partial charge >= 0.3 is 0 Å². The summed E-state index contributed by atoms with van der Waals surface area (Å²) in [6, 6.07) is 0.418. The summed E-state index contributed by atoms with van der Waals surface area (Å²) in [7, 11) is 0. The van der Waals surface area contributed by atoms with Gasteiger partial charge in [0.05, 0.1) is 12.1 Å². The Morgan fingerprint density at radius 3 is 1.60 bits per heavy atom. The standard InChI is InChI=1S/C15H28N2O.2ClH/c1-3-16-11-7-5-9-13(16)15(18)14-10-6-8-12-17(14)4-2;;/h13-14H,3-12H2,1-2H3;2*1H/t13-,14-;;/m0../s1. The van der Waals surface area contributed by atoms with Crippen molar-refractivity contribution in [2.24, 2.45) is 0 Å². The summed E-state index contributed by atoms with van der Waals surface area (Å²) in [4.78, 5) is 17.6. The highest BCUT2D eigenvalue weighted by Crippen LogP contribution is 2.24. The highest BCUT2D eigenvalue weighted by molar-refractivity contribution is 5.89. The largest absolute Gasteiger partial charge is 0.296 e. The molecule has 2 aliphatic rings. The van der Waals surface area contributed by atoms with E-state index in [0.717, 1.165) is 39.0 Å². The van der Waals surface area contributed by atoms with Crippen LogP contribution >= 0.6 is 24.8 Å². The molecule has 0 aromatic carbocycles. The van der Waals surface area contributed by atoms with E-state index in [1.54, 1.807) is 0 Å². The third-order valence-corrected chi connectivity index (χ3v) is 4.70. The van der Waals surface area contributed by atoms with E-state index in [2.05, 4.69) is 23.6 Å². The van der Waals surface area contributed by atoms with Crippen molar-refractivity contribution in [2.45, 2.75) is 64.5 Å². The molecule has 0 aromatic heterocycles. The van der Waals surface area contributed by atoms with Crippen molar-refractivity contribution in [2.75, 3.05) is 26.2 Å². The Morgan fingerprint density at radius 1 is 0.850 bits per heavy atom. The average molecular weight is 325 g/mol. The smallest absolute Gasteiger partial charge is 0.166 e. The predicted octanol–water partition coefficient (Wildman–Crippen LogP) is 3.15. The SMILES string of the molecule is CCN1CCCC[C@H]1C(=O)[C@@H]1CCCCN1CC.Cl.Cl. The summed E-state index contributed by atoms with van der Waals surface area (Å²) in [6.07, 6.45) is 7.15. The Balaban J connectivity index is 0.00000180. The van der Waals surface area contributed by atoms with Crippen molar-refractivity contribution < 1.29 is 4.79 Å². The second-order valence-corrected chi connectivity index (χ2v) is 5.68. The lowest BCUT2D eigenvalue weighted by Crippen LogP contribution is -2.54. The number of carbonyl (C=O) groups excluding carboxylic acids is 1. The molecule has 0 N–H and O–H groups in total. The first-order valence-electron chi connectivity index (χ1n) is 7.79. The van der Waals surface area contributed by atoms with Gasteiger partial charge in [-0.1, -0.05) is 26.7 Å². The summed E-state index contributed by atoms with van der Waals surface area (Å²) < 4.78 is 0. The first-order valence-corrected chi connectivity index (χ1v) is 7.79. The lowest BCUT2D eigenvalue weighted by molar-refractivity contribution is -0.132. The van der Waals surface area contributed by atoms with Crippen LogP contribution in [-0.2, 0) is 4.79 Å². The Bertz CT molecular complexity index is 263. The minimum Gasteiger partial charge on any atom is -0.296 e. The molecular formula is C15H30Cl2N2O. The molecule has 0 spiro atoms. The second kappa shape index (κ2) is 9.99. The number of ketones is 1. The number of Topliss-reactive ketones (excluding diaryl/α,β-unsaturated/α-hetero) is 1. The Hall–Kier alpha value is 0.170. The van der Waals surface area contributed by atoms with Crippen molar-refractivity contribution in [3.05, 3.63) is 0 Å². The first-order chi connectivity index (χ1) is 8.77. The van der Waals surface area contributed by atoms with Crippen molar-refractivity contribution in [1.82, 2.24) is 9.80 Å². The number of nitrogens with zero attached hydrogens (tertiary/aromatic N) is 2. The van der Waals surface area contributed by atoms with E-state index in [9.17, 15) is 4.79 Å². The number of piperidine rings is 2. The van der Waals surface area contributed by atoms with Crippen molar-refractivity contribution in [1.29, 1.82) is 0 Å². The fourth-order valence-electron chi connectivity index (χ4n) is 3.61. The fourth-order valence-corrected chi connectivity index (χ4v) is 3.61. The predicted molar refractivity (Wildman–Crippen MR) is 89.3 cm³/mol. The quantitative estimate of drug-likeness (QED) is 0.793. The molecule has 2 saturated heterocycles. The Morgan fingerprint density at radius 2 is 1.25 bits per heavy atom. The molecule has 0 saturated carbocycles. The maximum Gasteiger partial charge on any atom is 0.166 e. The topological polar surface area (TPSA) is 23.6 Å². The van der Waals surface area contributed by atoms with E-state index >= 15 is 0 Å². The molecule has 0 aliphatic carbocycles. The summed E-state index contributed by atoms with van der Waals surface area (Å²) in [5.74, 6) is 0.512. The van der Waals surface area contributed by atoms with Gasteiger partial charge in [0.1, 0.15) is 0 Å². The lowest BCUT2D eigenvalue weighted by Gasteiger charge is -2.40. The van der Waals surface area contributed by atoms with Gasteiger partial charge in [-0.25, -0.2) is 0 Å². The number of hydrogen-bond acceptors (Lipinski definition) is 3. The van der Waals surface area contributed by atoms with Crippen LogP contribution < -0.4 is 0 Å². The summed E-state index contributed by atoms with van der Waals surface area (Å²) in [5.41, 5.74) is 0. The second-order valence-electron chi connectivity index (χ2n) is 5.68. The fraction of sp³-hybridized carbons (Fsp3) is 0.933. The average Bonchev–Trinajstić information content (AvgIpc) is 2.46. The molecule has 20 heavy (non-hydrogen) atoms. The van der Waals surface area contributed by atoms with Crippen LogP contribution in [0.2, 0.25) is 0 Å². The highest BCUT2D eigenvalue weighted by atomic mass is 35.5. The molecule has 0 aromatic rings. The summed E-state index contributed by atoms with van der Waals surface area (Å²) in [6.45, 7) is 8.65. The maximum absolute atomic E-state index is 12.8. The number of carbonyl (C=O) groups is 1. The third-order valence-electron chi connectivity index (χ3n) is 4.70. The van der Waals surface area contributed by atoms with E-state index in [4.69, 9.17) is 0 Å². The van der Waals surface area contributed by atoms with Crippen LogP contribution in [0, 0.1) is 0 Å². The van der Waals surface area contributed by atoms with Gasteiger partial charge in [0.2, 0.25) is 0 Å². The molecule has 2 aliphatic heterocycles. The summed E-state index contributed by atoms with van der Waals surface area (Å²) in [5, 5.41) is 0. The van der Waals surface area contributed by atoms with Crippen LogP contribution in [-0.4, -0.2) is 53.8 Å². The molecule has 2 atom stereocenters. The van der Waals surface area contributed by atoms with E-state index in [1.165, 1.54) is 25.7 Å². The molecule has 3 nitrogen and oxygen atoms in total. The van der Waals surface area contributed by atoms with E-state index in [0.29, 0.717) is 5.78 Å². The van der Waals surface area contributed by atoms with E-state index in [-0.39, 0.29) is 36.9 Å². The minimum absolute atomic E-state index is 0. The zero-order valence-corrected chi connectivity index (χ0v) is 14.5. The minimum atomic E-state index is 0. The van der Waals surface area contributed by atoms with Crippen LogP contribution in [0.5, 0.6) is 0 Å². The molecule has 0 unspecified atom stereocenters. The number of rotatable bonds is 4. The lowest BCUT2D eigenvalue weighted by atomic mass is 9.89. The van der Waals surface area contributed by atoms with Gasteiger partial charge < -0.3 is 0 Å². The van der Waals surface area contributed by atoms with Crippen LogP contribution in [0.1, 0.15) is 52.4 Å². The first kappa shape index (κ1) is 20.2. The molecule has 0 radical (unpaired) electrons. The molecular weight excluding hydrogens is 295 g/mol. The van der Waals surface area contributed by atoms with Gasteiger partial charge in [-0.05, 0) is 51.9 Å². The Labute approximate surface area is 136 Å². The summed E-state index contributed by atoms with van der Waals surface area (Å²) >= 11 is 0. The van der Waals surface area contributed by atoms with Gasteiger partial charge in [0, 0.05) is 0 Å². The molecule has 2 fully saturated rings. The molecule has 0 amide bonds. The van der Waals surface area contributed by atoms with Crippen molar-refractivity contribution >= 4 is 30.6 Å². The van der Waals surface area contributed by atoms with Gasteiger partial charge in [-0.3, -0.25) is 14.6 Å². The normalized spacial score (nSPS) is 28.3. The number of hydrogen-bond donors (Lipinski definition) is 0. The van der Waals surface area contributed by atoms with Crippen LogP contribution in [0.25, 0.3) is 0 Å². The molecule has 2 rings (SSSR count). The van der Waals surface area contributed by atoms with E-state index in [1.807, 2.05) is 0 Å². The third kappa shape index (κ3) is 4.59. The van der Waals surface area contributed by atoms with Crippen LogP contribution in [0.15, 0.2) is 0 Å². The molecule has 2 heterocycles. The maximum atomic E-state index is 12.8. The van der Waals surface area contributed by atoms with Gasteiger partial charge in [0.25, 0.3) is 0 Å². The highest BCUT2D eigenvalue weighted by Gasteiger charge is 2.35. The van der Waals surface area contributed by atoms with Crippen molar-refractivity contribution in [3.63, 3.8) is 0 Å². The van der Waals surface area contributed by atoms with Gasteiger partial charge in [-0.2, -0.15) is 0 Å². The zero-order valence-electron chi connectivity index (χ0n) is 12.8. The monoisotopic (exact) mass is 324 g/mol. The Kier molecular flexibility index (Phi) is 10.1. The number of likely N-dealkylation sites (tertiary alicyclic amines) is 2. The van der Waals surface area contributed by atoms with Crippen LogP contribution in [0.4, 0.5) is 0 Å². The zero-order chi connectivity index (χ0) is 13.0. The van der Waals surface area contributed by atoms with Crippen LogP contribution in [0.3, 0.4) is 0 Å². The van der Waals surface area contributed by atoms with Crippen molar-refractivity contribution in [3.8, 4) is 0 Å². The van der Waals surface area contributed by atoms with Gasteiger partial charge in [0.15, 0.2) is 5.78 Å². The number of likely N-dealkylation sites (N-methyl/N-ethyl adjacent to an activating group) is 2. The van der Waals surface area contributed by atoms with E-state index < -0.39 is 0 Å². The van der Waals surface area contributed by atoms with Gasteiger partial charge in [-0.15, -0.1) is 24.8 Å². The molecule has 120 valence electrons. The number of halogens is 2.